The zero-order chi connectivity index (χ0) is 23.4. The summed E-state index contributed by atoms with van der Waals surface area (Å²) in [6.45, 7) is 4.28. The predicted octanol–water partition coefficient (Wildman–Crippen LogP) is 9.62. The van der Waals surface area contributed by atoms with E-state index in [4.69, 9.17) is 0 Å². The van der Waals surface area contributed by atoms with Crippen LogP contribution in [-0.4, -0.2) is 0 Å². The number of benzene rings is 3. The molecule has 0 heterocycles. The predicted molar refractivity (Wildman–Crippen MR) is 149 cm³/mol. The molecule has 0 heteroatoms. The summed E-state index contributed by atoms with van der Waals surface area (Å²) in [6, 6.07) is 24.8. The molecule has 2 aliphatic rings. The lowest BCUT2D eigenvalue weighted by Gasteiger charge is -2.27. The van der Waals surface area contributed by atoms with Crippen molar-refractivity contribution in [2.45, 2.75) is 51.4 Å². The molecule has 0 aliphatic heterocycles. The van der Waals surface area contributed by atoms with Crippen LogP contribution in [0, 0.1) is 0 Å². The monoisotopic (exact) mass is 442 g/mol. The molecule has 0 atom stereocenters. The Morgan fingerprint density at radius 3 is 1.97 bits per heavy atom. The molecule has 3 aromatic rings. The maximum absolute atomic E-state index is 2.47. The van der Waals surface area contributed by atoms with Gasteiger partial charge < -0.3 is 0 Å². The highest BCUT2D eigenvalue weighted by molar-refractivity contribution is 5.84. The molecule has 0 saturated heterocycles. The molecule has 5 rings (SSSR count). The van der Waals surface area contributed by atoms with Crippen molar-refractivity contribution in [3.8, 4) is 11.1 Å². The fourth-order valence-electron chi connectivity index (χ4n) is 5.71. The molecule has 2 aliphatic carbocycles. The molecule has 170 valence electrons. The summed E-state index contributed by atoms with van der Waals surface area (Å²) in [5.74, 6) is 0. The van der Waals surface area contributed by atoms with Crippen molar-refractivity contribution >= 4 is 18.2 Å². The molecule has 0 bridgehead atoms. The minimum Gasteiger partial charge on any atom is -0.0842 e. The van der Waals surface area contributed by atoms with Crippen LogP contribution in [0.4, 0.5) is 0 Å². The largest absolute Gasteiger partial charge is 0.0842 e. The molecule has 0 N–H and O–H groups in total. The standard InChI is InChI=1S/C34H34/c1-3-5-11-26(4-2)14-16-28-18-20-30-31-21-19-29(17-15-27-12-7-6-8-13-27)25-33(31)34(32(30)24-28)22-9-10-23-34/h4-8,11-21,24-25H,3,9-10,22-23H2,1-2H3/b11-5-,16-14+,17-15+,26-4+. The van der Waals surface area contributed by atoms with Crippen molar-refractivity contribution in [2.75, 3.05) is 0 Å². The van der Waals surface area contributed by atoms with Gasteiger partial charge in [0.25, 0.3) is 0 Å². The third-order valence-electron chi connectivity index (χ3n) is 7.48. The van der Waals surface area contributed by atoms with E-state index in [2.05, 4.69) is 123 Å². The summed E-state index contributed by atoms with van der Waals surface area (Å²) in [6.07, 6.45) is 21.8. The average Bonchev–Trinajstić information content (AvgIpc) is 3.48. The molecule has 1 fully saturated rings. The molecule has 1 saturated carbocycles. The van der Waals surface area contributed by atoms with Crippen LogP contribution < -0.4 is 0 Å². The van der Waals surface area contributed by atoms with Gasteiger partial charge in [0.15, 0.2) is 0 Å². The Morgan fingerprint density at radius 2 is 1.35 bits per heavy atom. The fourth-order valence-corrected chi connectivity index (χ4v) is 5.71. The van der Waals surface area contributed by atoms with Crippen LogP contribution in [0.5, 0.6) is 0 Å². The van der Waals surface area contributed by atoms with Crippen molar-refractivity contribution in [3.05, 3.63) is 124 Å². The van der Waals surface area contributed by atoms with E-state index in [0.717, 1.165) is 6.42 Å². The molecule has 0 amide bonds. The first-order chi connectivity index (χ1) is 16.7. The topological polar surface area (TPSA) is 0 Å². The zero-order valence-electron chi connectivity index (χ0n) is 20.4. The van der Waals surface area contributed by atoms with Crippen molar-refractivity contribution in [1.82, 2.24) is 0 Å². The Bertz CT molecular complexity index is 1270. The van der Waals surface area contributed by atoms with Crippen molar-refractivity contribution < 1.29 is 0 Å². The third kappa shape index (κ3) is 4.26. The second kappa shape index (κ2) is 9.85. The molecule has 0 unspecified atom stereocenters. The zero-order valence-corrected chi connectivity index (χ0v) is 20.4. The van der Waals surface area contributed by atoms with E-state index in [9.17, 15) is 0 Å². The molecule has 1 spiro atoms. The first-order valence-electron chi connectivity index (χ1n) is 12.8. The van der Waals surface area contributed by atoms with Crippen molar-refractivity contribution in [2.24, 2.45) is 0 Å². The SMILES string of the molecule is C/C=C(\C=C/CC)/C=C/c1ccc2c(c1)C1(CCCC1)c1cc(/C=C/c3ccccc3)ccc1-2. The van der Waals surface area contributed by atoms with Gasteiger partial charge in [-0.3, -0.25) is 0 Å². The van der Waals surface area contributed by atoms with Crippen LogP contribution in [0.1, 0.15) is 73.8 Å². The number of hydrogen-bond donors (Lipinski definition) is 0. The summed E-state index contributed by atoms with van der Waals surface area (Å²) >= 11 is 0. The average molecular weight is 443 g/mol. The molecule has 3 aromatic carbocycles. The van der Waals surface area contributed by atoms with E-state index in [-0.39, 0.29) is 5.41 Å². The minimum atomic E-state index is 0.177. The van der Waals surface area contributed by atoms with Gasteiger partial charge in [0.1, 0.15) is 0 Å². The fraction of sp³-hybridized carbons (Fsp3) is 0.235. The Kier molecular flexibility index (Phi) is 6.50. The number of rotatable bonds is 6. The molecular weight excluding hydrogens is 408 g/mol. The smallest absolute Gasteiger partial charge is 0.0215 e. The first-order valence-corrected chi connectivity index (χ1v) is 12.8. The lowest BCUT2D eigenvalue weighted by molar-refractivity contribution is 0.549. The Morgan fingerprint density at radius 1 is 0.735 bits per heavy atom. The summed E-state index contributed by atoms with van der Waals surface area (Å²) in [5, 5.41) is 0. The van der Waals surface area contributed by atoms with Gasteiger partial charge in [0.05, 0.1) is 0 Å². The maximum Gasteiger partial charge on any atom is 0.0215 e. The highest BCUT2D eigenvalue weighted by atomic mass is 14.5. The van der Waals surface area contributed by atoms with E-state index in [1.807, 2.05) is 0 Å². The summed E-state index contributed by atoms with van der Waals surface area (Å²) < 4.78 is 0. The van der Waals surface area contributed by atoms with Gasteiger partial charge in [-0.2, -0.15) is 0 Å². The molecule has 0 aromatic heterocycles. The van der Waals surface area contributed by atoms with E-state index in [1.165, 1.54) is 70.2 Å². The van der Waals surface area contributed by atoms with Crippen molar-refractivity contribution in [1.29, 1.82) is 0 Å². The normalized spacial score (nSPS) is 16.8. The first kappa shape index (κ1) is 22.4. The minimum absolute atomic E-state index is 0.177. The van der Waals surface area contributed by atoms with Gasteiger partial charge in [-0.25, -0.2) is 0 Å². The van der Waals surface area contributed by atoms with Crippen molar-refractivity contribution in [3.63, 3.8) is 0 Å². The van der Waals surface area contributed by atoms with Crippen LogP contribution in [0.2, 0.25) is 0 Å². The summed E-state index contributed by atoms with van der Waals surface area (Å²) in [4.78, 5) is 0. The van der Waals surface area contributed by atoms with Gasteiger partial charge in [0, 0.05) is 5.41 Å². The highest BCUT2D eigenvalue weighted by Gasteiger charge is 2.44. The Balaban J connectivity index is 1.50. The third-order valence-corrected chi connectivity index (χ3v) is 7.48. The molecule has 34 heavy (non-hydrogen) atoms. The van der Waals surface area contributed by atoms with Gasteiger partial charge in [-0.15, -0.1) is 0 Å². The lowest BCUT2D eigenvalue weighted by atomic mass is 9.76. The summed E-state index contributed by atoms with van der Waals surface area (Å²) in [7, 11) is 0. The molecule has 0 nitrogen and oxygen atoms in total. The van der Waals surface area contributed by atoms with Gasteiger partial charge in [0.2, 0.25) is 0 Å². The Hall–Kier alpha value is -3.38. The highest BCUT2D eigenvalue weighted by Crippen LogP contribution is 2.57. The van der Waals surface area contributed by atoms with E-state index < -0.39 is 0 Å². The molecule has 0 radical (unpaired) electrons. The van der Waals surface area contributed by atoms with Crippen LogP contribution in [0.3, 0.4) is 0 Å². The van der Waals surface area contributed by atoms with E-state index in [0.29, 0.717) is 0 Å². The van der Waals surface area contributed by atoms with E-state index in [1.54, 1.807) is 0 Å². The van der Waals surface area contributed by atoms with Gasteiger partial charge in [-0.1, -0.05) is 129 Å². The quantitative estimate of drug-likeness (QED) is 0.263. The van der Waals surface area contributed by atoms with Crippen LogP contribution in [-0.2, 0) is 5.41 Å². The van der Waals surface area contributed by atoms with Crippen LogP contribution >= 0.6 is 0 Å². The second-order valence-corrected chi connectivity index (χ2v) is 9.58. The number of allylic oxidation sites excluding steroid dienone is 5. The summed E-state index contributed by atoms with van der Waals surface area (Å²) in [5.41, 5.74) is 11.2. The second-order valence-electron chi connectivity index (χ2n) is 9.58. The van der Waals surface area contributed by atoms with Gasteiger partial charge in [-0.05, 0) is 70.7 Å². The number of hydrogen-bond acceptors (Lipinski definition) is 0. The number of fused-ring (bicyclic) bond motifs is 5. The Labute approximate surface area is 205 Å². The molecular formula is C34H34. The van der Waals surface area contributed by atoms with Crippen LogP contribution in [0.25, 0.3) is 29.4 Å². The van der Waals surface area contributed by atoms with E-state index >= 15 is 0 Å². The lowest BCUT2D eigenvalue weighted by Crippen LogP contribution is -2.20. The maximum atomic E-state index is 2.47. The van der Waals surface area contributed by atoms with Crippen LogP contribution in [0.15, 0.2) is 96.6 Å². The van der Waals surface area contributed by atoms with Gasteiger partial charge >= 0.3 is 0 Å².